The monoisotopic (exact) mass is 256 g/mol. The van der Waals surface area contributed by atoms with Gasteiger partial charge in [-0.05, 0) is 12.1 Å². The van der Waals surface area contributed by atoms with Crippen LogP contribution >= 0.6 is 0 Å². The number of fused-ring (bicyclic) bond motifs is 1. The molecule has 2 aromatic heterocycles. The summed E-state index contributed by atoms with van der Waals surface area (Å²) < 4.78 is 10.7. The molecule has 1 aromatic carbocycles. The normalized spacial score (nSPS) is 11.0. The molecule has 19 heavy (non-hydrogen) atoms. The summed E-state index contributed by atoms with van der Waals surface area (Å²) >= 11 is 0. The SMILES string of the molecule is CCC(=O)Cc1nc(-c2cc3ccccc3o2)no1. The fourth-order valence-electron chi connectivity index (χ4n) is 1.81. The van der Waals surface area contributed by atoms with Gasteiger partial charge in [-0.2, -0.15) is 4.98 Å². The fraction of sp³-hybridized carbons (Fsp3) is 0.214. The number of hydrogen-bond donors (Lipinski definition) is 0. The molecule has 0 unspecified atom stereocenters. The Hall–Kier alpha value is -2.43. The minimum Gasteiger partial charge on any atom is -0.453 e. The van der Waals surface area contributed by atoms with E-state index in [1.165, 1.54) is 0 Å². The molecule has 0 bridgehead atoms. The molecule has 3 aromatic rings. The molecule has 3 rings (SSSR count). The van der Waals surface area contributed by atoms with E-state index >= 15 is 0 Å². The van der Waals surface area contributed by atoms with Crippen LogP contribution in [0, 0.1) is 0 Å². The molecule has 0 aliphatic heterocycles. The van der Waals surface area contributed by atoms with Crippen LogP contribution in [0.2, 0.25) is 0 Å². The van der Waals surface area contributed by atoms with Crippen LogP contribution in [0.5, 0.6) is 0 Å². The molecule has 5 nitrogen and oxygen atoms in total. The molecule has 0 N–H and O–H groups in total. The Balaban J connectivity index is 1.91. The number of carbonyl (C=O) groups is 1. The van der Waals surface area contributed by atoms with Gasteiger partial charge in [-0.25, -0.2) is 0 Å². The van der Waals surface area contributed by atoms with Crippen molar-refractivity contribution in [1.29, 1.82) is 0 Å². The molecular weight excluding hydrogens is 244 g/mol. The smallest absolute Gasteiger partial charge is 0.238 e. The van der Waals surface area contributed by atoms with Crippen molar-refractivity contribution in [2.24, 2.45) is 0 Å². The predicted molar refractivity (Wildman–Crippen MR) is 68.5 cm³/mol. The number of aromatic nitrogens is 2. The van der Waals surface area contributed by atoms with Gasteiger partial charge in [-0.3, -0.25) is 4.79 Å². The van der Waals surface area contributed by atoms with Crippen LogP contribution in [-0.2, 0) is 11.2 Å². The molecule has 0 radical (unpaired) electrons. The minimum absolute atomic E-state index is 0.0693. The van der Waals surface area contributed by atoms with Gasteiger partial charge in [-0.1, -0.05) is 30.3 Å². The van der Waals surface area contributed by atoms with Crippen LogP contribution < -0.4 is 0 Å². The number of carbonyl (C=O) groups excluding carboxylic acids is 1. The first-order valence-corrected chi connectivity index (χ1v) is 6.09. The molecule has 0 saturated heterocycles. The van der Waals surface area contributed by atoms with E-state index in [-0.39, 0.29) is 12.2 Å². The Morgan fingerprint density at radius 2 is 2.16 bits per heavy atom. The standard InChI is InChI=1S/C14H12N2O3/c1-2-10(17)8-13-15-14(16-19-13)12-7-9-5-3-4-6-11(9)18-12/h3-7H,2,8H2,1H3. The topological polar surface area (TPSA) is 69.1 Å². The Labute approximate surface area is 109 Å². The van der Waals surface area contributed by atoms with Crippen molar-refractivity contribution in [2.75, 3.05) is 0 Å². The average molecular weight is 256 g/mol. The lowest BCUT2D eigenvalue weighted by molar-refractivity contribution is -0.118. The minimum atomic E-state index is 0.0693. The summed E-state index contributed by atoms with van der Waals surface area (Å²) in [6.45, 7) is 1.80. The highest BCUT2D eigenvalue weighted by atomic mass is 16.5. The second kappa shape index (κ2) is 4.68. The lowest BCUT2D eigenvalue weighted by atomic mass is 10.2. The summed E-state index contributed by atoms with van der Waals surface area (Å²) in [5.41, 5.74) is 0.772. The molecule has 0 atom stereocenters. The van der Waals surface area contributed by atoms with E-state index in [0.29, 0.717) is 23.9 Å². The number of Topliss-reactive ketones (excluding diaryl/α,β-unsaturated/α-hetero) is 1. The van der Waals surface area contributed by atoms with E-state index in [0.717, 1.165) is 11.0 Å². The molecule has 0 spiro atoms. The Morgan fingerprint density at radius 1 is 1.32 bits per heavy atom. The number of rotatable bonds is 4. The van der Waals surface area contributed by atoms with E-state index in [4.69, 9.17) is 8.94 Å². The van der Waals surface area contributed by atoms with Crippen LogP contribution in [0.3, 0.4) is 0 Å². The Morgan fingerprint density at radius 3 is 2.95 bits per heavy atom. The van der Waals surface area contributed by atoms with Gasteiger partial charge in [-0.15, -0.1) is 0 Å². The number of ketones is 1. The molecule has 0 fully saturated rings. The first kappa shape index (κ1) is 11.6. The van der Waals surface area contributed by atoms with E-state index in [9.17, 15) is 4.79 Å². The summed E-state index contributed by atoms with van der Waals surface area (Å²) in [7, 11) is 0. The van der Waals surface area contributed by atoms with Crippen LogP contribution in [0.4, 0.5) is 0 Å². The number of nitrogens with zero attached hydrogens (tertiary/aromatic N) is 2. The third-order valence-electron chi connectivity index (χ3n) is 2.86. The van der Waals surface area contributed by atoms with Crippen molar-refractivity contribution in [3.8, 4) is 11.6 Å². The maximum Gasteiger partial charge on any atom is 0.238 e. The molecule has 0 amide bonds. The van der Waals surface area contributed by atoms with Gasteiger partial charge >= 0.3 is 0 Å². The highest BCUT2D eigenvalue weighted by Crippen LogP contribution is 2.25. The summed E-state index contributed by atoms with van der Waals surface area (Å²) in [6.07, 6.45) is 0.631. The highest BCUT2D eigenvalue weighted by molar-refractivity contribution is 5.82. The zero-order valence-electron chi connectivity index (χ0n) is 10.4. The third-order valence-corrected chi connectivity index (χ3v) is 2.86. The van der Waals surface area contributed by atoms with Gasteiger partial charge in [0.15, 0.2) is 5.76 Å². The van der Waals surface area contributed by atoms with Crippen LogP contribution in [0.25, 0.3) is 22.6 Å². The lowest BCUT2D eigenvalue weighted by Gasteiger charge is -1.88. The maximum atomic E-state index is 11.3. The van der Waals surface area contributed by atoms with E-state index < -0.39 is 0 Å². The van der Waals surface area contributed by atoms with E-state index in [1.54, 1.807) is 6.92 Å². The second-order valence-corrected chi connectivity index (χ2v) is 4.23. The molecule has 0 aliphatic rings. The van der Waals surface area contributed by atoms with Gasteiger partial charge in [0.2, 0.25) is 11.7 Å². The summed E-state index contributed by atoms with van der Waals surface area (Å²) in [5.74, 6) is 1.30. The molecule has 5 heteroatoms. The van der Waals surface area contributed by atoms with Crippen molar-refractivity contribution in [3.63, 3.8) is 0 Å². The van der Waals surface area contributed by atoms with Gasteiger partial charge in [0.1, 0.15) is 11.4 Å². The van der Waals surface area contributed by atoms with Crippen molar-refractivity contribution < 1.29 is 13.7 Å². The first-order chi connectivity index (χ1) is 9.26. The highest BCUT2D eigenvalue weighted by Gasteiger charge is 2.14. The quantitative estimate of drug-likeness (QED) is 0.717. The zero-order chi connectivity index (χ0) is 13.2. The van der Waals surface area contributed by atoms with Crippen LogP contribution in [-0.4, -0.2) is 15.9 Å². The Kier molecular flexibility index (Phi) is 2.87. The van der Waals surface area contributed by atoms with Crippen molar-refractivity contribution in [1.82, 2.24) is 10.1 Å². The maximum absolute atomic E-state index is 11.3. The molecule has 0 saturated carbocycles. The number of furan rings is 1. The fourth-order valence-corrected chi connectivity index (χ4v) is 1.81. The van der Waals surface area contributed by atoms with Gasteiger partial charge < -0.3 is 8.94 Å². The number of hydrogen-bond acceptors (Lipinski definition) is 5. The van der Waals surface area contributed by atoms with Crippen LogP contribution in [0.1, 0.15) is 19.2 Å². The van der Waals surface area contributed by atoms with Crippen molar-refractivity contribution in [2.45, 2.75) is 19.8 Å². The van der Waals surface area contributed by atoms with Crippen molar-refractivity contribution >= 4 is 16.8 Å². The zero-order valence-corrected chi connectivity index (χ0v) is 10.4. The molecular formula is C14H12N2O3. The summed E-state index contributed by atoms with van der Waals surface area (Å²) in [6, 6.07) is 9.51. The van der Waals surface area contributed by atoms with Crippen LogP contribution in [0.15, 0.2) is 39.3 Å². The summed E-state index contributed by atoms with van der Waals surface area (Å²) in [4.78, 5) is 15.5. The molecule has 2 heterocycles. The Bertz CT molecular complexity index is 694. The first-order valence-electron chi connectivity index (χ1n) is 6.09. The number of benzene rings is 1. The van der Waals surface area contributed by atoms with Crippen molar-refractivity contribution in [3.05, 3.63) is 36.2 Å². The van der Waals surface area contributed by atoms with E-state index in [2.05, 4.69) is 10.1 Å². The second-order valence-electron chi connectivity index (χ2n) is 4.23. The van der Waals surface area contributed by atoms with Gasteiger partial charge in [0, 0.05) is 11.8 Å². The van der Waals surface area contributed by atoms with Gasteiger partial charge in [0.05, 0.1) is 6.42 Å². The summed E-state index contributed by atoms with van der Waals surface area (Å²) in [5, 5.41) is 4.82. The predicted octanol–water partition coefficient (Wildman–Crippen LogP) is 3.00. The lowest BCUT2D eigenvalue weighted by Crippen LogP contribution is -2.00. The largest absolute Gasteiger partial charge is 0.453 e. The average Bonchev–Trinajstić information content (AvgIpc) is 3.04. The molecule has 96 valence electrons. The number of para-hydroxylation sites is 1. The van der Waals surface area contributed by atoms with E-state index in [1.807, 2.05) is 30.3 Å². The molecule has 0 aliphatic carbocycles. The third kappa shape index (κ3) is 2.27. The van der Waals surface area contributed by atoms with Gasteiger partial charge in [0.25, 0.3) is 0 Å².